The standard InChI is InChI=1S/C18H24N2Se2/c19-17(11-15-7-3-1-4-8-15)13-21-22-14-18(20)12-16-9-5-2-6-10-16/h1-10,17-18H,11-14,19-20H2/t17-,18+. The van der Waals surface area contributed by atoms with Crippen LogP contribution in [0.5, 0.6) is 0 Å². The normalized spacial score (nSPS) is 13.7. The van der Waals surface area contributed by atoms with Crippen LogP contribution in [0.25, 0.3) is 0 Å². The first-order chi connectivity index (χ1) is 10.7. The summed E-state index contributed by atoms with van der Waals surface area (Å²) in [5.74, 6) is 0. The second-order valence-electron chi connectivity index (χ2n) is 5.47. The topological polar surface area (TPSA) is 52.0 Å². The first kappa shape index (κ1) is 17.7. The van der Waals surface area contributed by atoms with Crippen LogP contribution in [0.3, 0.4) is 0 Å². The molecule has 4 N–H and O–H groups in total. The van der Waals surface area contributed by atoms with Gasteiger partial charge in [-0.3, -0.25) is 0 Å². The molecule has 0 aliphatic heterocycles. The molecule has 0 bridgehead atoms. The van der Waals surface area contributed by atoms with Gasteiger partial charge in [-0.15, -0.1) is 0 Å². The summed E-state index contributed by atoms with van der Waals surface area (Å²) >= 11 is 1.32. The Morgan fingerprint density at radius 2 is 1.00 bits per heavy atom. The number of hydrogen-bond acceptors (Lipinski definition) is 2. The third-order valence-corrected chi connectivity index (χ3v) is 10.8. The van der Waals surface area contributed by atoms with Crippen molar-refractivity contribution in [3.8, 4) is 0 Å². The second kappa shape index (κ2) is 10.2. The minimum absolute atomic E-state index is 0.301. The number of hydrogen-bond donors (Lipinski definition) is 2. The van der Waals surface area contributed by atoms with Gasteiger partial charge in [0.15, 0.2) is 0 Å². The van der Waals surface area contributed by atoms with Crippen LogP contribution in [0.15, 0.2) is 60.7 Å². The van der Waals surface area contributed by atoms with Crippen molar-refractivity contribution in [3.63, 3.8) is 0 Å². The summed E-state index contributed by atoms with van der Waals surface area (Å²) in [5.41, 5.74) is 15.2. The molecule has 0 radical (unpaired) electrons. The number of nitrogens with two attached hydrogens (primary N) is 2. The molecule has 4 heteroatoms. The van der Waals surface area contributed by atoms with Gasteiger partial charge >= 0.3 is 145 Å². The van der Waals surface area contributed by atoms with Crippen LogP contribution in [0, 0.1) is 0 Å². The van der Waals surface area contributed by atoms with Crippen molar-refractivity contribution in [1.29, 1.82) is 0 Å². The first-order valence-electron chi connectivity index (χ1n) is 7.57. The maximum atomic E-state index is 6.24. The molecule has 118 valence electrons. The summed E-state index contributed by atoms with van der Waals surface area (Å²) in [5, 5.41) is 2.33. The van der Waals surface area contributed by atoms with Crippen LogP contribution < -0.4 is 11.5 Å². The third kappa shape index (κ3) is 7.11. The Morgan fingerprint density at radius 1 is 0.636 bits per heavy atom. The molecule has 0 aliphatic rings. The van der Waals surface area contributed by atoms with E-state index in [1.54, 1.807) is 0 Å². The molecule has 2 atom stereocenters. The van der Waals surface area contributed by atoms with Gasteiger partial charge in [0.05, 0.1) is 0 Å². The molecule has 0 aromatic heterocycles. The molecular weight excluding hydrogens is 402 g/mol. The summed E-state index contributed by atoms with van der Waals surface area (Å²) in [6.07, 6.45) is 1.99. The van der Waals surface area contributed by atoms with Crippen molar-refractivity contribution in [1.82, 2.24) is 0 Å². The molecule has 0 saturated heterocycles. The predicted octanol–water partition coefficient (Wildman–Crippen LogP) is 2.29. The quantitative estimate of drug-likeness (QED) is 0.478. The van der Waals surface area contributed by atoms with E-state index in [2.05, 4.69) is 60.7 Å². The van der Waals surface area contributed by atoms with Crippen LogP contribution in [0.2, 0.25) is 10.6 Å². The SMILES string of the molecule is N[C@H](C[Se][Se]C[C@H](N)Cc1ccccc1)Cc1ccccc1. The summed E-state index contributed by atoms with van der Waals surface area (Å²) in [6.45, 7) is 0. The Morgan fingerprint density at radius 3 is 1.36 bits per heavy atom. The van der Waals surface area contributed by atoms with Crippen molar-refractivity contribution in [2.75, 3.05) is 0 Å². The van der Waals surface area contributed by atoms with Gasteiger partial charge in [-0.2, -0.15) is 0 Å². The second-order valence-corrected chi connectivity index (χ2v) is 13.0. The van der Waals surface area contributed by atoms with E-state index < -0.39 is 0 Å². The average Bonchev–Trinajstić information content (AvgIpc) is 2.53. The van der Waals surface area contributed by atoms with Crippen molar-refractivity contribution in [3.05, 3.63) is 71.8 Å². The van der Waals surface area contributed by atoms with Crippen molar-refractivity contribution >= 4 is 26.3 Å². The van der Waals surface area contributed by atoms with Crippen LogP contribution in [0.4, 0.5) is 0 Å². The van der Waals surface area contributed by atoms with E-state index >= 15 is 0 Å². The minimum atomic E-state index is 0.301. The fourth-order valence-corrected chi connectivity index (χ4v) is 9.76. The molecule has 0 heterocycles. The van der Waals surface area contributed by atoms with E-state index in [1.165, 1.54) is 21.8 Å². The molecule has 2 nitrogen and oxygen atoms in total. The molecule has 0 fully saturated rings. The van der Waals surface area contributed by atoms with Gasteiger partial charge < -0.3 is 0 Å². The fraction of sp³-hybridized carbons (Fsp3) is 0.333. The monoisotopic (exact) mass is 428 g/mol. The van der Waals surface area contributed by atoms with Gasteiger partial charge in [-0.05, 0) is 0 Å². The zero-order chi connectivity index (χ0) is 15.6. The summed E-state index contributed by atoms with van der Waals surface area (Å²) in [7, 11) is 0. The molecular formula is C18H24N2Se2. The summed E-state index contributed by atoms with van der Waals surface area (Å²) in [4.78, 5) is 0. The van der Waals surface area contributed by atoms with Crippen LogP contribution in [0.1, 0.15) is 11.1 Å². The van der Waals surface area contributed by atoms with Crippen molar-refractivity contribution < 1.29 is 0 Å². The Bertz CT molecular complexity index is 470. The molecule has 2 rings (SSSR count). The van der Waals surface area contributed by atoms with Crippen LogP contribution in [-0.4, -0.2) is 38.3 Å². The van der Waals surface area contributed by atoms with Crippen molar-refractivity contribution in [2.45, 2.75) is 35.6 Å². The van der Waals surface area contributed by atoms with Gasteiger partial charge in [-0.25, -0.2) is 0 Å². The zero-order valence-electron chi connectivity index (χ0n) is 12.7. The van der Waals surface area contributed by atoms with Gasteiger partial charge in [0.25, 0.3) is 0 Å². The van der Waals surface area contributed by atoms with E-state index in [-0.39, 0.29) is 0 Å². The predicted molar refractivity (Wildman–Crippen MR) is 97.4 cm³/mol. The number of benzene rings is 2. The van der Waals surface area contributed by atoms with E-state index in [0.29, 0.717) is 38.3 Å². The summed E-state index contributed by atoms with van der Waals surface area (Å²) in [6, 6.07) is 21.7. The molecule has 0 amide bonds. The van der Waals surface area contributed by atoms with E-state index in [1.807, 2.05) is 0 Å². The zero-order valence-corrected chi connectivity index (χ0v) is 16.2. The van der Waals surface area contributed by atoms with E-state index in [0.717, 1.165) is 12.8 Å². The Labute approximate surface area is 144 Å². The number of rotatable bonds is 9. The molecule has 0 unspecified atom stereocenters. The van der Waals surface area contributed by atoms with E-state index in [4.69, 9.17) is 11.5 Å². The third-order valence-electron chi connectivity index (χ3n) is 3.33. The Kier molecular flexibility index (Phi) is 8.25. The van der Waals surface area contributed by atoms with Gasteiger partial charge in [0, 0.05) is 0 Å². The van der Waals surface area contributed by atoms with Crippen LogP contribution in [-0.2, 0) is 12.8 Å². The molecule has 2 aromatic carbocycles. The fourth-order valence-electron chi connectivity index (χ4n) is 2.22. The molecule has 0 aliphatic carbocycles. The van der Waals surface area contributed by atoms with Gasteiger partial charge in [0.1, 0.15) is 0 Å². The average molecular weight is 426 g/mol. The molecule has 22 heavy (non-hydrogen) atoms. The maximum absolute atomic E-state index is 6.24. The van der Waals surface area contributed by atoms with E-state index in [9.17, 15) is 0 Å². The molecule has 2 aromatic rings. The first-order valence-corrected chi connectivity index (χ1v) is 14.3. The molecule has 0 spiro atoms. The molecule has 0 saturated carbocycles. The van der Waals surface area contributed by atoms with Crippen LogP contribution >= 0.6 is 0 Å². The summed E-state index contributed by atoms with van der Waals surface area (Å²) < 4.78 is 0. The van der Waals surface area contributed by atoms with Crippen molar-refractivity contribution in [2.24, 2.45) is 11.5 Å². The Balaban J connectivity index is 1.58. The Hall–Kier alpha value is -0.601. The van der Waals surface area contributed by atoms with Gasteiger partial charge in [-0.1, -0.05) is 0 Å². The van der Waals surface area contributed by atoms with Gasteiger partial charge in [0.2, 0.25) is 0 Å².